The van der Waals surface area contributed by atoms with Crippen molar-refractivity contribution in [2.75, 3.05) is 0 Å². The second-order valence-corrected chi connectivity index (χ2v) is 6.29. The largest absolute Gasteiger partial charge is 0.361 e. The molecule has 2 aromatic rings. The summed E-state index contributed by atoms with van der Waals surface area (Å²) in [6, 6.07) is 6.46. The van der Waals surface area contributed by atoms with Gasteiger partial charge < -0.3 is 4.98 Å². The Morgan fingerprint density at radius 1 is 1.00 bits per heavy atom. The van der Waals surface area contributed by atoms with Gasteiger partial charge in [-0.2, -0.15) is 0 Å². The number of rotatable bonds is 8. The van der Waals surface area contributed by atoms with Crippen LogP contribution in [0, 0.1) is 0 Å². The van der Waals surface area contributed by atoms with E-state index >= 15 is 0 Å². The quantitative estimate of drug-likeness (QED) is 0.555. The van der Waals surface area contributed by atoms with Crippen LogP contribution in [0.3, 0.4) is 0 Å². The van der Waals surface area contributed by atoms with Crippen LogP contribution in [-0.4, -0.2) is 4.98 Å². The van der Waals surface area contributed by atoms with E-state index in [1.807, 2.05) is 0 Å². The molecule has 0 amide bonds. The number of H-pyrrole nitrogens is 1. The van der Waals surface area contributed by atoms with Crippen molar-refractivity contribution in [3.05, 3.63) is 34.4 Å². The number of hydrogen-bond donors (Lipinski definition) is 1. The topological polar surface area (TPSA) is 15.8 Å². The SMILES string of the molecule is CCCCCCCCCc1c[nH]c2ccc(Br)cc12. The third kappa shape index (κ3) is 4.38. The predicted molar refractivity (Wildman–Crippen MR) is 87.7 cm³/mol. The molecule has 0 aliphatic carbocycles. The van der Waals surface area contributed by atoms with E-state index in [1.165, 1.54) is 72.3 Å². The summed E-state index contributed by atoms with van der Waals surface area (Å²) in [6.45, 7) is 2.27. The van der Waals surface area contributed by atoms with Gasteiger partial charge in [-0.1, -0.05) is 61.4 Å². The van der Waals surface area contributed by atoms with Gasteiger partial charge in [0.15, 0.2) is 0 Å². The molecule has 1 aromatic heterocycles. The van der Waals surface area contributed by atoms with Crippen LogP contribution in [0.4, 0.5) is 0 Å². The van der Waals surface area contributed by atoms with Crippen molar-refractivity contribution in [3.8, 4) is 0 Å². The highest BCUT2D eigenvalue weighted by molar-refractivity contribution is 9.10. The van der Waals surface area contributed by atoms with Crippen LogP contribution in [-0.2, 0) is 6.42 Å². The molecule has 0 bridgehead atoms. The molecule has 1 heterocycles. The molecular weight excluding hydrogens is 298 g/mol. The summed E-state index contributed by atoms with van der Waals surface area (Å²) in [4.78, 5) is 3.36. The molecule has 1 N–H and O–H groups in total. The number of hydrogen-bond acceptors (Lipinski definition) is 0. The first-order valence-electron chi connectivity index (χ1n) is 7.57. The van der Waals surface area contributed by atoms with E-state index in [0.29, 0.717) is 0 Å². The van der Waals surface area contributed by atoms with E-state index in [0.717, 1.165) is 0 Å². The lowest BCUT2D eigenvalue weighted by Gasteiger charge is -2.01. The summed E-state index contributed by atoms with van der Waals surface area (Å²) in [5, 5.41) is 1.38. The highest BCUT2D eigenvalue weighted by Crippen LogP contribution is 2.24. The predicted octanol–water partition coefficient (Wildman–Crippen LogP) is 6.22. The number of aromatic nitrogens is 1. The number of fused-ring (bicyclic) bond motifs is 1. The van der Waals surface area contributed by atoms with Crippen LogP contribution >= 0.6 is 15.9 Å². The van der Waals surface area contributed by atoms with Crippen LogP contribution in [0.25, 0.3) is 10.9 Å². The van der Waals surface area contributed by atoms with E-state index in [9.17, 15) is 0 Å². The van der Waals surface area contributed by atoms with Gasteiger partial charge in [0.2, 0.25) is 0 Å². The summed E-state index contributed by atoms with van der Waals surface area (Å²) >= 11 is 3.55. The lowest BCUT2D eigenvalue weighted by Crippen LogP contribution is -1.85. The van der Waals surface area contributed by atoms with Gasteiger partial charge in [0, 0.05) is 21.6 Å². The van der Waals surface area contributed by atoms with Crippen LogP contribution < -0.4 is 0 Å². The van der Waals surface area contributed by atoms with Crippen molar-refractivity contribution in [2.24, 2.45) is 0 Å². The number of halogens is 1. The maximum atomic E-state index is 3.55. The Balaban J connectivity index is 1.77. The van der Waals surface area contributed by atoms with Gasteiger partial charge in [0.25, 0.3) is 0 Å². The molecule has 0 spiro atoms. The second-order valence-electron chi connectivity index (χ2n) is 5.38. The molecule has 0 saturated carbocycles. The molecule has 0 fully saturated rings. The smallest absolute Gasteiger partial charge is 0.0457 e. The van der Waals surface area contributed by atoms with Crippen molar-refractivity contribution < 1.29 is 0 Å². The number of unbranched alkanes of at least 4 members (excludes halogenated alkanes) is 6. The molecule has 0 saturated heterocycles. The van der Waals surface area contributed by atoms with E-state index in [-0.39, 0.29) is 0 Å². The van der Waals surface area contributed by atoms with Gasteiger partial charge in [-0.3, -0.25) is 0 Å². The number of aromatic amines is 1. The van der Waals surface area contributed by atoms with Gasteiger partial charge in [-0.15, -0.1) is 0 Å². The van der Waals surface area contributed by atoms with Crippen molar-refractivity contribution in [2.45, 2.75) is 58.3 Å². The molecule has 19 heavy (non-hydrogen) atoms. The van der Waals surface area contributed by atoms with E-state index < -0.39 is 0 Å². The molecule has 2 heteroatoms. The molecule has 0 atom stereocenters. The van der Waals surface area contributed by atoms with E-state index in [4.69, 9.17) is 0 Å². The zero-order valence-electron chi connectivity index (χ0n) is 11.8. The maximum Gasteiger partial charge on any atom is 0.0457 e. The van der Waals surface area contributed by atoms with Gasteiger partial charge in [0.1, 0.15) is 0 Å². The van der Waals surface area contributed by atoms with Gasteiger partial charge in [-0.05, 0) is 36.6 Å². The fourth-order valence-electron chi connectivity index (χ4n) is 2.63. The Labute approximate surface area is 124 Å². The average molecular weight is 322 g/mol. The Morgan fingerprint density at radius 2 is 1.74 bits per heavy atom. The summed E-state index contributed by atoms with van der Waals surface area (Å²) in [5.74, 6) is 0. The minimum atomic E-state index is 1.17. The molecule has 2 rings (SSSR count). The van der Waals surface area contributed by atoms with Crippen molar-refractivity contribution in [3.63, 3.8) is 0 Å². The van der Waals surface area contributed by atoms with Gasteiger partial charge in [0.05, 0.1) is 0 Å². The Hall–Kier alpha value is -0.760. The van der Waals surface area contributed by atoms with Crippen LogP contribution in [0.15, 0.2) is 28.9 Å². The molecule has 0 radical (unpaired) electrons. The zero-order valence-corrected chi connectivity index (χ0v) is 13.4. The molecular formula is C17H24BrN. The Kier molecular flexibility index (Phi) is 5.96. The maximum absolute atomic E-state index is 3.55. The second kappa shape index (κ2) is 7.74. The average Bonchev–Trinajstić information content (AvgIpc) is 2.80. The monoisotopic (exact) mass is 321 g/mol. The third-order valence-corrected chi connectivity index (χ3v) is 4.27. The highest BCUT2D eigenvalue weighted by Gasteiger charge is 2.03. The molecule has 0 aliphatic heterocycles. The standard InChI is InChI=1S/C17H24BrN/c1-2-3-4-5-6-7-8-9-14-13-19-17-11-10-15(18)12-16(14)17/h10-13,19H,2-9H2,1H3. The summed E-state index contributed by atoms with van der Waals surface area (Å²) in [6.07, 6.45) is 13.0. The first-order chi connectivity index (χ1) is 9.31. The number of aryl methyl sites for hydroxylation is 1. The molecule has 1 nitrogen and oxygen atoms in total. The van der Waals surface area contributed by atoms with Crippen LogP contribution in [0.5, 0.6) is 0 Å². The van der Waals surface area contributed by atoms with Gasteiger partial charge in [-0.25, -0.2) is 0 Å². The Morgan fingerprint density at radius 3 is 2.53 bits per heavy atom. The van der Waals surface area contributed by atoms with Crippen molar-refractivity contribution >= 4 is 26.8 Å². The third-order valence-electron chi connectivity index (χ3n) is 3.78. The minimum Gasteiger partial charge on any atom is -0.361 e. The molecule has 104 valence electrons. The number of nitrogens with one attached hydrogen (secondary N) is 1. The lowest BCUT2D eigenvalue weighted by molar-refractivity contribution is 0.590. The normalized spacial score (nSPS) is 11.3. The highest BCUT2D eigenvalue weighted by atomic mass is 79.9. The molecule has 0 aliphatic rings. The van der Waals surface area contributed by atoms with Gasteiger partial charge >= 0.3 is 0 Å². The van der Waals surface area contributed by atoms with Crippen molar-refractivity contribution in [1.29, 1.82) is 0 Å². The van der Waals surface area contributed by atoms with Crippen LogP contribution in [0.2, 0.25) is 0 Å². The first kappa shape index (κ1) is 14.6. The van der Waals surface area contributed by atoms with Crippen LogP contribution in [0.1, 0.15) is 57.4 Å². The number of benzene rings is 1. The molecule has 1 aromatic carbocycles. The fourth-order valence-corrected chi connectivity index (χ4v) is 2.99. The summed E-state index contributed by atoms with van der Waals surface area (Å²) < 4.78 is 1.17. The first-order valence-corrected chi connectivity index (χ1v) is 8.36. The molecule has 0 unspecified atom stereocenters. The van der Waals surface area contributed by atoms with E-state index in [1.54, 1.807) is 0 Å². The summed E-state index contributed by atoms with van der Waals surface area (Å²) in [5.41, 5.74) is 2.71. The Bertz CT molecular complexity index is 501. The summed E-state index contributed by atoms with van der Waals surface area (Å²) in [7, 11) is 0. The zero-order chi connectivity index (χ0) is 13.5. The minimum absolute atomic E-state index is 1.17. The van der Waals surface area contributed by atoms with E-state index in [2.05, 4.69) is 52.2 Å². The lowest BCUT2D eigenvalue weighted by atomic mass is 10.0. The van der Waals surface area contributed by atoms with Crippen molar-refractivity contribution in [1.82, 2.24) is 4.98 Å². The fraction of sp³-hybridized carbons (Fsp3) is 0.529.